The van der Waals surface area contributed by atoms with Crippen LogP contribution in [0.15, 0.2) is 24.3 Å². The Hall–Kier alpha value is -1.44. The molecule has 0 radical (unpaired) electrons. The van der Waals surface area contributed by atoms with Crippen molar-refractivity contribution in [2.75, 3.05) is 16.9 Å². The molecule has 1 unspecified atom stereocenters. The molecule has 1 fully saturated rings. The van der Waals surface area contributed by atoms with Crippen LogP contribution in [0.1, 0.15) is 6.42 Å². The van der Waals surface area contributed by atoms with Crippen LogP contribution in [0.2, 0.25) is 5.28 Å². The Morgan fingerprint density at radius 3 is 2.80 bits per heavy atom. The van der Waals surface area contributed by atoms with E-state index >= 15 is 0 Å². The molecule has 8 heteroatoms. The number of hydrogen-bond donors (Lipinski definition) is 2. The highest BCUT2D eigenvalue weighted by Crippen LogP contribution is 2.21. The molecule has 2 N–H and O–H groups in total. The van der Waals surface area contributed by atoms with E-state index in [9.17, 15) is 8.42 Å². The number of fused-ring (bicyclic) bond motifs is 1. The van der Waals surface area contributed by atoms with Gasteiger partial charge in [0.25, 0.3) is 0 Å². The van der Waals surface area contributed by atoms with Crippen LogP contribution in [-0.2, 0) is 9.84 Å². The maximum Gasteiger partial charge on any atom is 0.224 e. The number of hydrazine groups is 1. The van der Waals surface area contributed by atoms with Gasteiger partial charge in [-0.25, -0.2) is 18.8 Å². The van der Waals surface area contributed by atoms with Crippen LogP contribution in [0.4, 0.5) is 5.82 Å². The summed E-state index contributed by atoms with van der Waals surface area (Å²) in [4.78, 5) is 8.26. The zero-order chi connectivity index (χ0) is 14.2. The summed E-state index contributed by atoms with van der Waals surface area (Å²) in [7, 11) is -2.91. The first-order valence-electron chi connectivity index (χ1n) is 6.18. The molecule has 0 amide bonds. The minimum absolute atomic E-state index is 0.118. The molecule has 0 bridgehead atoms. The lowest BCUT2D eigenvalue weighted by Crippen LogP contribution is -2.35. The van der Waals surface area contributed by atoms with E-state index in [0.717, 1.165) is 10.9 Å². The summed E-state index contributed by atoms with van der Waals surface area (Å²) in [6.45, 7) is 0. The Bertz CT molecular complexity index is 750. The lowest BCUT2D eigenvalue weighted by Gasteiger charge is -2.14. The molecule has 106 valence electrons. The van der Waals surface area contributed by atoms with Gasteiger partial charge in [0.05, 0.1) is 17.0 Å². The van der Waals surface area contributed by atoms with Crippen LogP contribution in [0.25, 0.3) is 10.9 Å². The molecule has 2 heterocycles. The van der Waals surface area contributed by atoms with Crippen LogP contribution < -0.4 is 10.9 Å². The van der Waals surface area contributed by atoms with E-state index in [1.807, 2.05) is 24.3 Å². The molecule has 0 aliphatic carbocycles. The number of para-hydroxylation sites is 1. The van der Waals surface area contributed by atoms with Gasteiger partial charge in [-0.1, -0.05) is 12.1 Å². The first kappa shape index (κ1) is 13.5. The van der Waals surface area contributed by atoms with E-state index in [1.54, 1.807) is 0 Å². The van der Waals surface area contributed by atoms with Crippen molar-refractivity contribution in [1.29, 1.82) is 0 Å². The Labute approximate surface area is 121 Å². The average Bonchev–Trinajstić information content (AvgIpc) is 2.75. The van der Waals surface area contributed by atoms with Crippen molar-refractivity contribution in [3.05, 3.63) is 29.5 Å². The first-order valence-corrected chi connectivity index (χ1v) is 8.38. The number of aromatic nitrogens is 2. The third-order valence-electron chi connectivity index (χ3n) is 3.20. The molecule has 0 saturated carbocycles. The third-order valence-corrected chi connectivity index (χ3v) is 5.14. The van der Waals surface area contributed by atoms with Crippen molar-refractivity contribution >= 4 is 38.2 Å². The fourth-order valence-electron chi connectivity index (χ4n) is 2.22. The molecule has 1 aliphatic heterocycles. The highest BCUT2D eigenvalue weighted by atomic mass is 35.5. The van der Waals surface area contributed by atoms with Crippen LogP contribution in [0.3, 0.4) is 0 Å². The molecule has 20 heavy (non-hydrogen) atoms. The van der Waals surface area contributed by atoms with Crippen molar-refractivity contribution in [1.82, 2.24) is 15.4 Å². The Morgan fingerprint density at radius 1 is 1.25 bits per heavy atom. The lowest BCUT2D eigenvalue weighted by molar-refractivity contribution is 0.594. The number of anilines is 1. The number of halogens is 1. The minimum atomic E-state index is -2.91. The highest BCUT2D eigenvalue weighted by Gasteiger charge is 2.27. The number of sulfone groups is 1. The van der Waals surface area contributed by atoms with Gasteiger partial charge >= 0.3 is 0 Å². The number of hydrogen-bond acceptors (Lipinski definition) is 6. The molecule has 1 aromatic heterocycles. The fraction of sp³-hybridized carbons (Fsp3) is 0.333. The third kappa shape index (κ3) is 2.84. The van der Waals surface area contributed by atoms with E-state index < -0.39 is 9.84 Å². The van der Waals surface area contributed by atoms with Crippen molar-refractivity contribution in [2.24, 2.45) is 0 Å². The number of benzene rings is 1. The molecular formula is C12H13ClN4O2S. The predicted molar refractivity (Wildman–Crippen MR) is 78.4 cm³/mol. The monoisotopic (exact) mass is 312 g/mol. The van der Waals surface area contributed by atoms with E-state index in [0.29, 0.717) is 12.2 Å². The van der Waals surface area contributed by atoms with Crippen LogP contribution in [0.5, 0.6) is 0 Å². The summed E-state index contributed by atoms with van der Waals surface area (Å²) in [6.07, 6.45) is 0.589. The van der Waals surface area contributed by atoms with Gasteiger partial charge in [0.1, 0.15) is 0 Å². The Morgan fingerprint density at radius 2 is 2.05 bits per heavy atom. The summed E-state index contributed by atoms with van der Waals surface area (Å²) in [6, 6.07) is 7.35. The van der Waals surface area contributed by atoms with Gasteiger partial charge in [0.15, 0.2) is 15.7 Å². The van der Waals surface area contributed by atoms with Crippen molar-refractivity contribution in [3.63, 3.8) is 0 Å². The topological polar surface area (TPSA) is 84.0 Å². The van der Waals surface area contributed by atoms with Gasteiger partial charge in [-0.2, -0.15) is 4.98 Å². The normalized spacial score (nSPS) is 21.1. The smallest absolute Gasteiger partial charge is 0.224 e. The van der Waals surface area contributed by atoms with Gasteiger partial charge in [0.2, 0.25) is 5.28 Å². The second-order valence-electron chi connectivity index (χ2n) is 4.73. The molecule has 0 spiro atoms. The van der Waals surface area contributed by atoms with Gasteiger partial charge in [-0.3, -0.25) is 0 Å². The van der Waals surface area contributed by atoms with Crippen molar-refractivity contribution in [2.45, 2.75) is 12.5 Å². The van der Waals surface area contributed by atoms with Gasteiger partial charge < -0.3 is 5.43 Å². The molecular weight excluding hydrogens is 300 g/mol. The summed E-state index contributed by atoms with van der Waals surface area (Å²) >= 11 is 5.88. The Kier molecular flexibility index (Phi) is 3.49. The average molecular weight is 313 g/mol. The van der Waals surface area contributed by atoms with Crippen LogP contribution >= 0.6 is 11.6 Å². The molecule has 2 aromatic rings. The van der Waals surface area contributed by atoms with Crippen molar-refractivity contribution in [3.8, 4) is 0 Å². The largest absolute Gasteiger partial charge is 0.305 e. The summed E-state index contributed by atoms with van der Waals surface area (Å²) in [5, 5.41) is 0.970. The second-order valence-corrected chi connectivity index (χ2v) is 7.29. The SMILES string of the molecule is O=S1(=O)CCC(NNc2nc(Cl)nc3ccccc23)C1. The number of nitrogens with one attached hydrogen (secondary N) is 2. The Balaban J connectivity index is 1.81. The molecule has 6 nitrogen and oxygen atoms in total. The summed E-state index contributed by atoms with van der Waals surface area (Å²) in [5.74, 6) is 0.902. The quantitative estimate of drug-likeness (QED) is 0.658. The van der Waals surface area contributed by atoms with Crippen LogP contribution in [0, 0.1) is 0 Å². The molecule has 1 aliphatic rings. The number of nitrogens with zero attached hydrogens (tertiary/aromatic N) is 2. The van der Waals surface area contributed by atoms with Crippen LogP contribution in [-0.4, -0.2) is 35.9 Å². The maximum atomic E-state index is 11.4. The van der Waals surface area contributed by atoms with E-state index in [4.69, 9.17) is 11.6 Å². The minimum Gasteiger partial charge on any atom is -0.305 e. The summed E-state index contributed by atoms with van der Waals surface area (Å²) in [5.41, 5.74) is 6.69. The summed E-state index contributed by atoms with van der Waals surface area (Å²) < 4.78 is 22.8. The zero-order valence-corrected chi connectivity index (χ0v) is 12.1. The van der Waals surface area contributed by atoms with Gasteiger partial charge in [-0.15, -0.1) is 0 Å². The van der Waals surface area contributed by atoms with E-state index in [-0.39, 0.29) is 22.8 Å². The van der Waals surface area contributed by atoms with E-state index in [1.165, 1.54) is 0 Å². The second kappa shape index (κ2) is 5.16. The number of rotatable bonds is 3. The van der Waals surface area contributed by atoms with E-state index in [2.05, 4.69) is 20.8 Å². The lowest BCUT2D eigenvalue weighted by atomic mass is 10.2. The zero-order valence-electron chi connectivity index (χ0n) is 10.5. The van der Waals surface area contributed by atoms with Crippen molar-refractivity contribution < 1.29 is 8.42 Å². The van der Waals surface area contributed by atoms with Gasteiger partial charge in [0, 0.05) is 11.4 Å². The first-order chi connectivity index (χ1) is 9.53. The highest BCUT2D eigenvalue weighted by molar-refractivity contribution is 7.91. The predicted octanol–water partition coefficient (Wildman–Crippen LogP) is 1.39. The molecule has 1 aromatic carbocycles. The standard InChI is InChI=1S/C12H13ClN4O2S/c13-12-14-10-4-2-1-3-9(10)11(15-12)17-16-8-5-6-20(18,19)7-8/h1-4,8,16H,5-7H2,(H,14,15,17). The fourth-order valence-corrected chi connectivity index (χ4v) is 4.07. The maximum absolute atomic E-state index is 11.4. The molecule has 1 atom stereocenters. The van der Waals surface area contributed by atoms with Gasteiger partial charge in [-0.05, 0) is 30.2 Å². The molecule has 3 rings (SSSR count). The molecule has 1 saturated heterocycles.